The summed E-state index contributed by atoms with van der Waals surface area (Å²) in [6.07, 6.45) is 2.15. The van der Waals surface area contributed by atoms with Crippen molar-refractivity contribution < 1.29 is 14.3 Å². The molecule has 1 unspecified atom stereocenters. The number of aromatic nitrogens is 1. The Labute approximate surface area is 120 Å². The largest absolute Gasteiger partial charge is 0.475 e. The number of ether oxygens (including phenoxy) is 2. The van der Waals surface area contributed by atoms with Crippen LogP contribution in [-0.4, -0.2) is 29.7 Å². The zero-order valence-electron chi connectivity index (χ0n) is 12.7. The van der Waals surface area contributed by atoms with Crippen LogP contribution in [0.5, 0.6) is 5.88 Å². The number of esters is 1. The summed E-state index contributed by atoms with van der Waals surface area (Å²) in [6.45, 7) is 8.72. The van der Waals surface area contributed by atoms with Crippen molar-refractivity contribution in [2.45, 2.75) is 52.8 Å². The van der Waals surface area contributed by atoms with Crippen LogP contribution < -0.4 is 10.1 Å². The molecule has 1 aromatic heterocycles. The molecule has 112 valence electrons. The molecule has 0 aliphatic heterocycles. The number of pyridine rings is 1. The lowest BCUT2D eigenvalue weighted by molar-refractivity contribution is -0.143. The van der Waals surface area contributed by atoms with Crippen LogP contribution in [0.3, 0.4) is 0 Å². The highest BCUT2D eigenvalue weighted by Gasteiger charge is 2.11. The number of rotatable bonds is 8. The van der Waals surface area contributed by atoms with Crippen LogP contribution in [-0.2, 0) is 16.1 Å². The first-order chi connectivity index (χ1) is 9.52. The Bertz CT molecular complexity index is 421. The quantitative estimate of drug-likeness (QED) is 0.740. The second-order valence-electron chi connectivity index (χ2n) is 4.93. The van der Waals surface area contributed by atoms with Crippen molar-refractivity contribution in [3.63, 3.8) is 0 Å². The molecule has 1 atom stereocenters. The molecule has 0 spiro atoms. The molecule has 20 heavy (non-hydrogen) atoms. The number of nitrogens with one attached hydrogen (secondary N) is 1. The van der Waals surface area contributed by atoms with Crippen molar-refractivity contribution in [2.24, 2.45) is 0 Å². The van der Waals surface area contributed by atoms with Gasteiger partial charge in [-0.25, -0.2) is 4.98 Å². The third-order valence-corrected chi connectivity index (χ3v) is 2.62. The minimum Gasteiger partial charge on any atom is -0.475 e. The topological polar surface area (TPSA) is 60.5 Å². The first kappa shape index (κ1) is 16.4. The average molecular weight is 280 g/mol. The van der Waals surface area contributed by atoms with Crippen molar-refractivity contribution in [1.82, 2.24) is 10.3 Å². The SMILES string of the molecule is CCOC(=O)CC(C)NCc1cccnc1OC(C)C. The van der Waals surface area contributed by atoms with E-state index in [1.54, 1.807) is 13.1 Å². The van der Waals surface area contributed by atoms with Crippen molar-refractivity contribution >= 4 is 5.97 Å². The van der Waals surface area contributed by atoms with Gasteiger partial charge in [-0.05, 0) is 33.8 Å². The Hall–Kier alpha value is -1.62. The maximum absolute atomic E-state index is 11.4. The number of carbonyl (C=O) groups is 1. The zero-order valence-corrected chi connectivity index (χ0v) is 12.7. The fraction of sp³-hybridized carbons (Fsp3) is 0.600. The summed E-state index contributed by atoms with van der Waals surface area (Å²) in [6, 6.07) is 3.89. The second kappa shape index (κ2) is 8.53. The Morgan fingerprint density at radius 1 is 1.40 bits per heavy atom. The molecule has 0 aromatic carbocycles. The van der Waals surface area contributed by atoms with Crippen LogP contribution in [0, 0.1) is 0 Å². The third-order valence-electron chi connectivity index (χ3n) is 2.62. The number of carbonyl (C=O) groups excluding carboxylic acids is 1. The molecule has 0 saturated carbocycles. The average Bonchev–Trinajstić information content (AvgIpc) is 2.37. The molecular formula is C15H24N2O3. The van der Waals surface area contributed by atoms with Gasteiger partial charge in [0.15, 0.2) is 0 Å². The van der Waals surface area contributed by atoms with Crippen LogP contribution in [0.4, 0.5) is 0 Å². The Morgan fingerprint density at radius 3 is 2.80 bits per heavy atom. The van der Waals surface area contributed by atoms with E-state index in [2.05, 4.69) is 10.3 Å². The minimum absolute atomic E-state index is 0.0427. The van der Waals surface area contributed by atoms with E-state index >= 15 is 0 Å². The number of nitrogens with zero attached hydrogens (tertiary/aromatic N) is 1. The second-order valence-corrected chi connectivity index (χ2v) is 4.93. The van der Waals surface area contributed by atoms with Gasteiger partial charge in [-0.15, -0.1) is 0 Å². The first-order valence-corrected chi connectivity index (χ1v) is 7.02. The van der Waals surface area contributed by atoms with E-state index in [4.69, 9.17) is 9.47 Å². The summed E-state index contributed by atoms with van der Waals surface area (Å²) >= 11 is 0. The summed E-state index contributed by atoms with van der Waals surface area (Å²) < 4.78 is 10.6. The van der Waals surface area contributed by atoms with E-state index in [9.17, 15) is 4.79 Å². The van der Waals surface area contributed by atoms with E-state index in [-0.39, 0.29) is 18.1 Å². The van der Waals surface area contributed by atoms with Gasteiger partial charge in [-0.3, -0.25) is 4.79 Å². The monoisotopic (exact) mass is 280 g/mol. The molecule has 0 aliphatic rings. The molecule has 5 nitrogen and oxygen atoms in total. The van der Waals surface area contributed by atoms with Gasteiger partial charge in [0.2, 0.25) is 5.88 Å². The number of hydrogen-bond donors (Lipinski definition) is 1. The highest BCUT2D eigenvalue weighted by molar-refractivity contribution is 5.70. The molecule has 5 heteroatoms. The lowest BCUT2D eigenvalue weighted by Gasteiger charge is -2.16. The van der Waals surface area contributed by atoms with Gasteiger partial charge < -0.3 is 14.8 Å². The summed E-state index contributed by atoms with van der Waals surface area (Å²) in [5.41, 5.74) is 0.983. The van der Waals surface area contributed by atoms with Crippen molar-refractivity contribution in [1.29, 1.82) is 0 Å². The molecule has 0 fully saturated rings. The van der Waals surface area contributed by atoms with E-state index < -0.39 is 0 Å². The van der Waals surface area contributed by atoms with Crippen molar-refractivity contribution in [3.05, 3.63) is 23.9 Å². The predicted octanol–water partition coefficient (Wildman–Crippen LogP) is 2.30. The van der Waals surface area contributed by atoms with Crippen molar-refractivity contribution in [2.75, 3.05) is 6.61 Å². The molecule has 0 radical (unpaired) electrons. The van der Waals surface area contributed by atoms with Crippen LogP contribution in [0.1, 0.15) is 39.7 Å². The Morgan fingerprint density at radius 2 is 2.15 bits per heavy atom. The summed E-state index contributed by atoms with van der Waals surface area (Å²) in [5, 5.41) is 3.28. The molecule has 0 amide bonds. The van der Waals surface area contributed by atoms with Gasteiger partial charge in [0, 0.05) is 24.3 Å². The molecule has 1 N–H and O–H groups in total. The minimum atomic E-state index is -0.183. The molecule has 1 heterocycles. The Balaban J connectivity index is 2.50. The maximum Gasteiger partial charge on any atom is 0.307 e. The van der Waals surface area contributed by atoms with Gasteiger partial charge in [0.05, 0.1) is 19.1 Å². The summed E-state index contributed by atoms with van der Waals surface area (Å²) in [7, 11) is 0. The predicted molar refractivity (Wildman–Crippen MR) is 77.6 cm³/mol. The highest BCUT2D eigenvalue weighted by atomic mass is 16.5. The fourth-order valence-corrected chi connectivity index (χ4v) is 1.71. The molecule has 0 saturated heterocycles. The van der Waals surface area contributed by atoms with Crippen LogP contribution in [0.2, 0.25) is 0 Å². The van der Waals surface area contributed by atoms with E-state index in [1.807, 2.05) is 32.9 Å². The van der Waals surface area contributed by atoms with Crippen LogP contribution in [0.15, 0.2) is 18.3 Å². The summed E-state index contributed by atoms with van der Waals surface area (Å²) in [5.74, 6) is 0.454. The van der Waals surface area contributed by atoms with E-state index in [0.717, 1.165) is 5.56 Å². The highest BCUT2D eigenvalue weighted by Crippen LogP contribution is 2.15. The lowest BCUT2D eigenvalue weighted by atomic mass is 10.2. The standard InChI is InChI=1S/C15H24N2O3/c1-5-19-14(18)9-12(4)17-10-13-7-6-8-16-15(13)20-11(2)3/h6-8,11-12,17H,5,9-10H2,1-4H3. The van der Waals surface area contributed by atoms with E-state index in [1.165, 1.54) is 0 Å². The van der Waals surface area contributed by atoms with Crippen molar-refractivity contribution in [3.8, 4) is 5.88 Å². The van der Waals surface area contributed by atoms with Crippen LogP contribution in [0.25, 0.3) is 0 Å². The Kier molecular flexibility index (Phi) is 7.01. The lowest BCUT2D eigenvalue weighted by Crippen LogP contribution is -2.29. The normalized spacial score (nSPS) is 12.2. The molecule has 0 aliphatic carbocycles. The van der Waals surface area contributed by atoms with Gasteiger partial charge in [0.25, 0.3) is 0 Å². The first-order valence-electron chi connectivity index (χ1n) is 7.02. The zero-order chi connectivity index (χ0) is 15.0. The smallest absolute Gasteiger partial charge is 0.307 e. The van der Waals surface area contributed by atoms with Crippen LogP contribution >= 0.6 is 0 Å². The van der Waals surface area contributed by atoms with Gasteiger partial charge in [-0.1, -0.05) is 6.07 Å². The van der Waals surface area contributed by atoms with E-state index in [0.29, 0.717) is 25.5 Å². The molecular weight excluding hydrogens is 256 g/mol. The number of hydrogen-bond acceptors (Lipinski definition) is 5. The van der Waals surface area contributed by atoms with Gasteiger partial charge in [0.1, 0.15) is 0 Å². The van der Waals surface area contributed by atoms with Gasteiger partial charge in [-0.2, -0.15) is 0 Å². The fourth-order valence-electron chi connectivity index (χ4n) is 1.71. The third kappa shape index (κ3) is 6.02. The van der Waals surface area contributed by atoms with Gasteiger partial charge >= 0.3 is 5.97 Å². The molecule has 0 bridgehead atoms. The summed E-state index contributed by atoms with van der Waals surface area (Å²) in [4.78, 5) is 15.6. The molecule has 1 aromatic rings. The maximum atomic E-state index is 11.4. The molecule has 1 rings (SSSR count).